The Morgan fingerprint density at radius 2 is 1.93 bits per heavy atom. The van der Waals surface area contributed by atoms with E-state index in [4.69, 9.17) is 15.6 Å². The molecule has 210 valence electrons. The van der Waals surface area contributed by atoms with Gasteiger partial charge in [-0.05, 0) is 56.0 Å². The second-order valence-corrected chi connectivity index (χ2v) is 13.1. The molecular weight excluding hydrogens is 536 g/mol. The van der Waals surface area contributed by atoms with E-state index >= 15 is 0 Å². The molecular formula is C28H31F2N7O2S. The lowest BCUT2D eigenvalue weighted by Gasteiger charge is -2.44. The van der Waals surface area contributed by atoms with E-state index in [1.54, 1.807) is 13.1 Å². The highest BCUT2D eigenvalue weighted by Crippen LogP contribution is 2.54. The van der Waals surface area contributed by atoms with E-state index in [2.05, 4.69) is 16.0 Å². The average Bonchev–Trinajstić information content (AvgIpc) is 3.38. The Morgan fingerprint density at radius 3 is 2.52 bits per heavy atom. The van der Waals surface area contributed by atoms with E-state index in [0.717, 1.165) is 17.4 Å². The molecule has 4 atom stereocenters. The number of benzene rings is 1. The van der Waals surface area contributed by atoms with Crippen molar-refractivity contribution in [3.05, 3.63) is 60.3 Å². The van der Waals surface area contributed by atoms with Gasteiger partial charge in [0.2, 0.25) is 5.91 Å². The number of nitriles is 1. The summed E-state index contributed by atoms with van der Waals surface area (Å²) in [5.41, 5.74) is 7.34. The largest absolute Gasteiger partial charge is 0.370 e. The van der Waals surface area contributed by atoms with Gasteiger partial charge in [-0.25, -0.2) is 22.7 Å². The van der Waals surface area contributed by atoms with Crippen molar-refractivity contribution in [2.75, 3.05) is 29.5 Å². The van der Waals surface area contributed by atoms with Crippen molar-refractivity contribution < 1.29 is 17.8 Å². The minimum atomic E-state index is -2.52. The molecule has 3 N–H and O–H groups in total. The molecule has 1 saturated carbocycles. The summed E-state index contributed by atoms with van der Waals surface area (Å²) in [5.74, 6) is -1.72. The van der Waals surface area contributed by atoms with Crippen molar-refractivity contribution in [3.63, 3.8) is 0 Å². The van der Waals surface area contributed by atoms with Crippen LogP contribution in [-0.4, -0.2) is 55.6 Å². The normalized spacial score (nSPS) is 25.2. The van der Waals surface area contributed by atoms with Crippen molar-refractivity contribution >= 4 is 21.3 Å². The van der Waals surface area contributed by atoms with Gasteiger partial charge < -0.3 is 10.6 Å². The maximum Gasteiger partial charge on any atom is 0.225 e. The number of primary amides is 1. The Morgan fingerprint density at radius 1 is 1.23 bits per heavy atom. The van der Waals surface area contributed by atoms with Gasteiger partial charge >= 0.3 is 0 Å². The molecule has 2 aliphatic rings. The van der Waals surface area contributed by atoms with Gasteiger partial charge in [0.25, 0.3) is 0 Å². The van der Waals surface area contributed by atoms with E-state index in [1.807, 2.05) is 24.3 Å². The quantitative estimate of drug-likeness (QED) is 0.458. The molecule has 3 aromatic rings. The van der Waals surface area contributed by atoms with Crippen LogP contribution < -0.4 is 10.6 Å². The maximum atomic E-state index is 14.8. The summed E-state index contributed by atoms with van der Waals surface area (Å²) in [4.78, 5) is 19.2. The van der Waals surface area contributed by atoms with Crippen LogP contribution in [-0.2, 0) is 14.5 Å². The van der Waals surface area contributed by atoms with Gasteiger partial charge in [-0.1, -0.05) is 12.1 Å². The number of carbonyl (C=O) groups is 1. The number of aromatic nitrogens is 3. The number of nitrogens with zero attached hydrogens (tertiary/aromatic N) is 5. The zero-order valence-electron chi connectivity index (χ0n) is 22.1. The van der Waals surface area contributed by atoms with E-state index in [9.17, 15) is 23.0 Å². The van der Waals surface area contributed by atoms with Gasteiger partial charge in [0, 0.05) is 57.7 Å². The molecule has 1 aliphatic heterocycles. The van der Waals surface area contributed by atoms with Gasteiger partial charge in [0.1, 0.15) is 12.0 Å². The summed E-state index contributed by atoms with van der Waals surface area (Å²) < 4.78 is 49.8. The SMILES string of the molecule is C[C@H](C#N)C1(C(N)=O)CC(F)CCC1c1nn(-c2ccc(F)cn2)cc1-c1ccc(N2CCS(=N)(=O)CC2)cc1. The van der Waals surface area contributed by atoms with Crippen molar-refractivity contribution in [2.24, 2.45) is 17.1 Å². The Bertz CT molecular complexity index is 1540. The molecule has 1 amide bonds. The Labute approximate surface area is 232 Å². The third kappa shape index (κ3) is 5.06. The Hall–Kier alpha value is -3.85. The highest BCUT2D eigenvalue weighted by atomic mass is 32.2. The first kappa shape index (κ1) is 27.7. The first-order chi connectivity index (χ1) is 19.0. The molecule has 2 fully saturated rings. The number of amides is 1. The second kappa shape index (κ2) is 10.6. The van der Waals surface area contributed by atoms with Crippen LogP contribution in [0.1, 0.15) is 37.8 Å². The number of pyridine rings is 1. The average molecular weight is 568 g/mol. The van der Waals surface area contributed by atoms with Crippen LogP contribution in [0.25, 0.3) is 16.9 Å². The van der Waals surface area contributed by atoms with E-state index < -0.39 is 44.9 Å². The number of nitrogens with two attached hydrogens (primary N) is 1. The Kier molecular flexibility index (Phi) is 7.35. The summed E-state index contributed by atoms with van der Waals surface area (Å²) in [5, 5.41) is 14.6. The van der Waals surface area contributed by atoms with Gasteiger partial charge in [-0.3, -0.25) is 9.57 Å². The summed E-state index contributed by atoms with van der Waals surface area (Å²) in [6.07, 6.45) is 1.85. The number of rotatable bonds is 6. The van der Waals surface area contributed by atoms with Crippen molar-refractivity contribution in [1.29, 1.82) is 10.0 Å². The molecule has 3 heterocycles. The van der Waals surface area contributed by atoms with Crippen molar-refractivity contribution in [2.45, 2.75) is 38.3 Å². The first-order valence-electron chi connectivity index (χ1n) is 13.2. The fourth-order valence-electron chi connectivity index (χ4n) is 6.00. The predicted octanol–water partition coefficient (Wildman–Crippen LogP) is 4.18. The minimum Gasteiger partial charge on any atom is -0.370 e. The highest BCUT2D eigenvalue weighted by Gasteiger charge is 2.54. The van der Waals surface area contributed by atoms with Crippen molar-refractivity contribution in [3.8, 4) is 23.0 Å². The molecule has 2 aromatic heterocycles. The van der Waals surface area contributed by atoms with E-state index in [0.29, 0.717) is 41.7 Å². The van der Waals surface area contributed by atoms with Crippen LogP contribution in [0.5, 0.6) is 0 Å². The number of alkyl halides is 1. The van der Waals surface area contributed by atoms with Crippen LogP contribution >= 0.6 is 0 Å². The number of halogens is 2. The standard InChI is InChI=1S/C28H31F2N7O2S/c1-18(15-31)28(27(32)38)14-20(29)4-8-24(28)26-23(17-37(35-26)25-9-5-21(30)16-34-25)19-2-6-22(7-3-19)36-10-12-40(33,39)13-11-36/h2-3,5-7,9,16-18,20,24,33H,4,8,10-14H2,1H3,(H2,32,38)/t18-,20?,24?,28?/m1/s1. The number of hydrogen-bond donors (Lipinski definition) is 2. The van der Waals surface area contributed by atoms with E-state index in [1.165, 1.54) is 16.8 Å². The highest BCUT2D eigenvalue weighted by molar-refractivity contribution is 7.92. The minimum absolute atomic E-state index is 0.171. The lowest BCUT2D eigenvalue weighted by atomic mass is 9.58. The molecule has 0 radical (unpaired) electrons. The second-order valence-electron chi connectivity index (χ2n) is 10.6. The molecule has 1 saturated heterocycles. The molecule has 3 unspecified atom stereocenters. The zero-order valence-corrected chi connectivity index (χ0v) is 22.9. The molecule has 9 nitrogen and oxygen atoms in total. The van der Waals surface area contributed by atoms with Crippen LogP contribution in [0.2, 0.25) is 0 Å². The van der Waals surface area contributed by atoms with Crippen LogP contribution in [0, 0.1) is 33.3 Å². The van der Waals surface area contributed by atoms with Crippen LogP contribution in [0.3, 0.4) is 0 Å². The molecule has 40 heavy (non-hydrogen) atoms. The molecule has 5 rings (SSSR count). The third-order valence-corrected chi connectivity index (χ3v) is 10.0. The molecule has 0 spiro atoms. The first-order valence-corrected chi connectivity index (χ1v) is 15.1. The predicted molar refractivity (Wildman–Crippen MR) is 147 cm³/mol. The summed E-state index contributed by atoms with van der Waals surface area (Å²) in [7, 11) is -2.52. The molecule has 1 aromatic carbocycles. The fourth-order valence-corrected chi connectivity index (χ4v) is 7.24. The number of anilines is 1. The number of hydrogen-bond acceptors (Lipinski definition) is 7. The summed E-state index contributed by atoms with van der Waals surface area (Å²) in [6.45, 7) is 2.65. The third-order valence-electron chi connectivity index (χ3n) is 8.32. The monoisotopic (exact) mass is 567 g/mol. The van der Waals surface area contributed by atoms with E-state index in [-0.39, 0.29) is 19.3 Å². The molecule has 1 aliphatic carbocycles. The molecule has 12 heteroatoms. The van der Waals surface area contributed by atoms with Gasteiger partial charge in [0.05, 0.1) is 29.3 Å². The topological polar surface area (TPSA) is 142 Å². The Balaban J connectivity index is 1.60. The number of carbonyl (C=O) groups excluding carboxylic acids is 1. The fraction of sp³-hybridized carbons (Fsp3) is 0.429. The van der Waals surface area contributed by atoms with Gasteiger partial charge in [-0.15, -0.1) is 0 Å². The summed E-state index contributed by atoms with van der Waals surface area (Å²) in [6, 6.07) is 12.6. The van der Waals surface area contributed by atoms with Crippen LogP contribution in [0.4, 0.5) is 14.5 Å². The van der Waals surface area contributed by atoms with Gasteiger partial charge in [0.15, 0.2) is 5.82 Å². The van der Waals surface area contributed by atoms with Gasteiger partial charge in [-0.2, -0.15) is 10.4 Å². The smallest absolute Gasteiger partial charge is 0.225 e. The number of nitrogens with one attached hydrogen (secondary N) is 1. The zero-order chi connectivity index (χ0) is 28.7. The van der Waals surface area contributed by atoms with Crippen molar-refractivity contribution in [1.82, 2.24) is 14.8 Å². The lowest BCUT2D eigenvalue weighted by Crippen LogP contribution is -2.50. The van der Waals surface area contributed by atoms with Crippen LogP contribution in [0.15, 0.2) is 48.8 Å². The maximum absolute atomic E-state index is 14.8. The molecule has 0 bridgehead atoms. The summed E-state index contributed by atoms with van der Waals surface area (Å²) >= 11 is 0. The lowest BCUT2D eigenvalue weighted by molar-refractivity contribution is -0.135.